The second-order valence-electron chi connectivity index (χ2n) is 7.37. The molecule has 0 saturated heterocycles. The third-order valence-electron chi connectivity index (χ3n) is 5.03. The van der Waals surface area contributed by atoms with Gasteiger partial charge in [-0.1, -0.05) is 30.3 Å². The summed E-state index contributed by atoms with van der Waals surface area (Å²) in [7, 11) is 0. The summed E-state index contributed by atoms with van der Waals surface area (Å²) in [5, 5.41) is 14.3. The maximum Gasteiger partial charge on any atom is 0.357 e. The number of nitrogens with one attached hydrogen (secondary N) is 1. The Morgan fingerprint density at radius 1 is 1.11 bits per heavy atom. The molecule has 1 aliphatic heterocycles. The fourth-order valence-electron chi connectivity index (χ4n) is 3.38. The number of Topliss-reactive ketones (excluding diaryl/α,β-unsaturated/α-hetero) is 1. The molecule has 1 aliphatic rings. The molecule has 0 radical (unpaired) electrons. The maximum absolute atomic E-state index is 13.1. The third-order valence-corrected chi connectivity index (χ3v) is 5.03. The van der Waals surface area contributed by atoms with Gasteiger partial charge in [0.15, 0.2) is 30.5 Å². The Balaban J connectivity index is 1.38. The van der Waals surface area contributed by atoms with E-state index < -0.39 is 18.4 Å². The lowest BCUT2D eigenvalue weighted by Gasteiger charge is -2.18. The number of tetrazole rings is 1. The van der Waals surface area contributed by atoms with E-state index in [1.165, 1.54) is 29.2 Å². The highest BCUT2D eigenvalue weighted by Gasteiger charge is 2.23. The summed E-state index contributed by atoms with van der Waals surface area (Å²) in [6, 6.07) is 16.9. The first-order valence-electron chi connectivity index (χ1n) is 10.4. The number of amides is 1. The zero-order valence-corrected chi connectivity index (χ0v) is 18.1. The van der Waals surface area contributed by atoms with Crippen molar-refractivity contribution < 1.29 is 28.3 Å². The van der Waals surface area contributed by atoms with Crippen molar-refractivity contribution in [1.82, 2.24) is 20.2 Å². The van der Waals surface area contributed by atoms with Crippen LogP contribution in [0.5, 0.6) is 5.75 Å². The van der Waals surface area contributed by atoms with Crippen molar-refractivity contribution >= 4 is 35.1 Å². The Kier molecular flexibility index (Phi) is 5.87. The average Bonchev–Trinajstić information content (AvgIpc) is 3.58. The van der Waals surface area contributed by atoms with Crippen molar-refractivity contribution in [2.75, 3.05) is 18.5 Å². The van der Waals surface area contributed by atoms with Crippen molar-refractivity contribution in [3.63, 3.8) is 0 Å². The first-order chi connectivity index (χ1) is 17.1. The minimum Gasteiger partial charge on any atom is -0.482 e. The number of carbonyl (C=O) groups is 3. The summed E-state index contributed by atoms with van der Waals surface area (Å²) in [4.78, 5) is 37.3. The van der Waals surface area contributed by atoms with Gasteiger partial charge in [0.2, 0.25) is 0 Å². The van der Waals surface area contributed by atoms with Gasteiger partial charge < -0.3 is 19.2 Å². The molecule has 11 nitrogen and oxygen atoms in total. The van der Waals surface area contributed by atoms with Crippen LogP contribution in [-0.4, -0.2) is 51.1 Å². The molecule has 1 amide bonds. The number of furan rings is 1. The van der Waals surface area contributed by atoms with Crippen LogP contribution < -0.4 is 10.1 Å². The van der Waals surface area contributed by atoms with E-state index >= 15 is 0 Å². The minimum atomic E-state index is -0.839. The lowest BCUT2D eigenvalue weighted by Crippen LogP contribution is -2.25. The van der Waals surface area contributed by atoms with E-state index in [0.29, 0.717) is 28.6 Å². The van der Waals surface area contributed by atoms with Crippen LogP contribution in [0.15, 0.2) is 71.3 Å². The summed E-state index contributed by atoms with van der Waals surface area (Å²) >= 11 is 0. The maximum atomic E-state index is 13.1. The number of aromatic nitrogens is 4. The van der Waals surface area contributed by atoms with Gasteiger partial charge in [0.1, 0.15) is 11.5 Å². The second kappa shape index (κ2) is 9.43. The van der Waals surface area contributed by atoms with Crippen LogP contribution in [-0.2, 0) is 14.3 Å². The molecule has 2 aromatic heterocycles. The average molecular weight is 471 g/mol. The number of benzene rings is 2. The normalized spacial score (nSPS) is 12.9. The Morgan fingerprint density at radius 2 is 1.97 bits per heavy atom. The molecule has 0 unspecified atom stereocenters. The molecule has 1 N–H and O–H groups in total. The molecule has 3 heterocycles. The van der Waals surface area contributed by atoms with E-state index in [4.69, 9.17) is 13.9 Å². The van der Waals surface area contributed by atoms with Gasteiger partial charge in [0.25, 0.3) is 5.91 Å². The number of hydrogen-bond acceptors (Lipinski definition) is 9. The molecule has 2 aromatic carbocycles. The number of esters is 1. The zero-order chi connectivity index (χ0) is 24.2. The molecule has 0 bridgehead atoms. The standard InChI is InChI=1S/C24H17N5O6/c30-20(16-8-9-21-18(11-16)25-22(31)14-34-21)13-35-24(32)19(12-17-7-4-10-33-17)29-23(26-27-28-29)15-5-2-1-3-6-15/h1-12H,13-14H2,(H,25,31)/b19-12+. The van der Waals surface area contributed by atoms with E-state index in [0.717, 1.165) is 0 Å². The van der Waals surface area contributed by atoms with Gasteiger partial charge in [-0.3, -0.25) is 9.59 Å². The van der Waals surface area contributed by atoms with Crippen LogP contribution in [0.4, 0.5) is 5.69 Å². The number of ketones is 1. The quantitative estimate of drug-likeness (QED) is 0.245. The molecule has 0 atom stereocenters. The van der Waals surface area contributed by atoms with E-state index in [1.807, 2.05) is 18.2 Å². The van der Waals surface area contributed by atoms with Crippen molar-refractivity contribution in [1.29, 1.82) is 0 Å². The summed E-state index contributed by atoms with van der Waals surface area (Å²) in [6.07, 6.45) is 2.87. The van der Waals surface area contributed by atoms with E-state index in [1.54, 1.807) is 30.3 Å². The topological polar surface area (TPSA) is 138 Å². The number of carbonyl (C=O) groups excluding carboxylic acids is 3. The Bertz CT molecular complexity index is 1430. The highest BCUT2D eigenvalue weighted by atomic mass is 16.5. The lowest BCUT2D eigenvalue weighted by molar-refractivity contribution is -0.136. The third kappa shape index (κ3) is 4.69. The van der Waals surface area contributed by atoms with Crippen LogP contribution >= 0.6 is 0 Å². The summed E-state index contributed by atoms with van der Waals surface area (Å²) in [5.74, 6) is -0.515. The van der Waals surface area contributed by atoms with Crippen molar-refractivity contribution in [2.45, 2.75) is 0 Å². The molecular weight excluding hydrogens is 454 g/mol. The van der Waals surface area contributed by atoms with Crippen LogP contribution in [0.25, 0.3) is 23.2 Å². The number of anilines is 1. The number of fused-ring (bicyclic) bond motifs is 1. The van der Waals surface area contributed by atoms with Crippen LogP contribution in [0.2, 0.25) is 0 Å². The van der Waals surface area contributed by atoms with Gasteiger partial charge in [0.05, 0.1) is 12.0 Å². The molecule has 11 heteroatoms. The number of hydrogen-bond donors (Lipinski definition) is 1. The largest absolute Gasteiger partial charge is 0.482 e. The van der Waals surface area contributed by atoms with Gasteiger partial charge in [-0.15, -0.1) is 5.10 Å². The Labute approximate surface area is 198 Å². The Hall–Kier alpha value is -5.06. The van der Waals surface area contributed by atoms with Crippen molar-refractivity contribution in [2.24, 2.45) is 0 Å². The van der Waals surface area contributed by atoms with Crippen molar-refractivity contribution in [3.05, 3.63) is 78.3 Å². The van der Waals surface area contributed by atoms with Gasteiger partial charge in [-0.05, 0) is 40.8 Å². The molecule has 0 fully saturated rings. The van der Waals surface area contributed by atoms with E-state index in [9.17, 15) is 14.4 Å². The van der Waals surface area contributed by atoms with E-state index in [2.05, 4.69) is 20.8 Å². The van der Waals surface area contributed by atoms with Crippen LogP contribution in [0.3, 0.4) is 0 Å². The van der Waals surface area contributed by atoms with Gasteiger partial charge in [-0.25, -0.2) is 4.79 Å². The first kappa shape index (κ1) is 21.8. The van der Waals surface area contributed by atoms with Gasteiger partial charge >= 0.3 is 5.97 Å². The number of ether oxygens (including phenoxy) is 2. The zero-order valence-electron chi connectivity index (χ0n) is 18.1. The van der Waals surface area contributed by atoms with E-state index in [-0.39, 0.29) is 23.8 Å². The molecule has 5 rings (SSSR count). The first-order valence-corrected chi connectivity index (χ1v) is 10.4. The van der Waals surface area contributed by atoms with Crippen molar-refractivity contribution in [3.8, 4) is 17.1 Å². The lowest BCUT2D eigenvalue weighted by atomic mass is 10.1. The second-order valence-corrected chi connectivity index (χ2v) is 7.37. The smallest absolute Gasteiger partial charge is 0.357 e. The molecule has 0 spiro atoms. The Morgan fingerprint density at radius 3 is 2.77 bits per heavy atom. The predicted octanol–water partition coefficient (Wildman–Crippen LogP) is 2.69. The highest BCUT2D eigenvalue weighted by molar-refractivity contribution is 6.16. The van der Waals surface area contributed by atoms with Gasteiger partial charge in [0, 0.05) is 17.2 Å². The molecule has 0 saturated carbocycles. The summed E-state index contributed by atoms with van der Waals surface area (Å²) in [5.41, 5.74) is 1.23. The highest BCUT2D eigenvalue weighted by Crippen LogP contribution is 2.28. The summed E-state index contributed by atoms with van der Waals surface area (Å²) < 4.78 is 17.2. The summed E-state index contributed by atoms with van der Waals surface area (Å²) in [6.45, 7) is -0.643. The molecule has 174 valence electrons. The molecule has 4 aromatic rings. The SMILES string of the molecule is O=C1COc2ccc(C(=O)COC(=O)/C(=C\c3ccco3)n3nnnc3-c3ccccc3)cc2N1. The number of rotatable bonds is 7. The van der Waals surface area contributed by atoms with Gasteiger partial charge in [-0.2, -0.15) is 4.68 Å². The molecular formula is C24H17N5O6. The minimum absolute atomic E-state index is 0.0530. The molecule has 35 heavy (non-hydrogen) atoms. The van der Waals surface area contributed by atoms with Crippen LogP contribution in [0, 0.1) is 0 Å². The number of nitrogens with zero attached hydrogens (tertiary/aromatic N) is 4. The fraction of sp³-hybridized carbons (Fsp3) is 0.0833. The monoisotopic (exact) mass is 471 g/mol. The van der Waals surface area contributed by atoms with Crippen LogP contribution in [0.1, 0.15) is 16.1 Å². The molecule has 0 aliphatic carbocycles. The predicted molar refractivity (Wildman–Crippen MR) is 122 cm³/mol. The fourth-order valence-corrected chi connectivity index (χ4v) is 3.38.